The first kappa shape index (κ1) is 17.3. The van der Waals surface area contributed by atoms with Crippen LogP contribution in [0.15, 0.2) is 18.2 Å². The van der Waals surface area contributed by atoms with Crippen molar-refractivity contribution in [3.05, 3.63) is 29.3 Å². The number of hydrogen-bond acceptors (Lipinski definition) is 4. The van der Waals surface area contributed by atoms with E-state index in [1.54, 1.807) is 29.7 Å². The molecule has 7 heteroatoms. The first-order valence-corrected chi connectivity index (χ1v) is 8.61. The Morgan fingerprint density at radius 1 is 1.39 bits per heavy atom. The van der Waals surface area contributed by atoms with Gasteiger partial charge in [0.15, 0.2) is 0 Å². The molecular formula is C16H20N2O4S. The van der Waals surface area contributed by atoms with Crippen LogP contribution in [0.25, 0.3) is 0 Å². The number of aryl methyl sites for hydroxylation is 1. The maximum absolute atomic E-state index is 12.5. The van der Waals surface area contributed by atoms with Gasteiger partial charge in [0.05, 0.1) is 11.4 Å². The van der Waals surface area contributed by atoms with Gasteiger partial charge >= 0.3 is 5.97 Å². The van der Waals surface area contributed by atoms with Crippen molar-refractivity contribution in [1.29, 1.82) is 0 Å². The Labute approximate surface area is 139 Å². The number of carbonyl (C=O) groups excluding carboxylic acids is 2. The Hall–Kier alpha value is -2.02. The summed E-state index contributed by atoms with van der Waals surface area (Å²) in [6, 6.07) is 4.08. The van der Waals surface area contributed by atoms with E-state index in [0.29, 0.717) is 23.7 Å². The van der Waals surface area contributed by atoms with Crippen LogP contribution in [0.3, 0.4) is 0 Å². The summed E-state index contributed by atoms with van der Waals surface area (Å²) in [4.78, 5) is 37.2. The molecule has 1 heterocycles. The van der Waals surface area contributed by atoms with Crippen LogP contribution in [0.5, 0.6) is 0 Å². The number of nitrogens with zero attached hydrogens (tertiary/aromatic N) is 1. The molecule has 0 radical (unpaired) electrons. The molecule has 1 aromatic rings. The molecule has 1 aliphatic heterocycles. The molecule has 2 rings (SSSR count). The Morgan fingerprint density at radius 3 is 2.78 bits per heavy atom. The number of carboxylic acid groups (broad SMARTS) is 1. The summed E-state index contributed by atoms with van der Waals surface area (Å²) < 4.78 is 0. The van der Waals surface area contributed by atoms with Gasteiger partial charge in [-0.2, -0.15) is 0 Å². The maximum atomic E-state index is 12.5. The summed E-state index contributed by atoms with van der Waals surface area (Å²) in [6.45, 7) is 3.72. The lowest BCUT2D eigenvalue weighted by Crippen LogP contribution is -2.44. The average Bonchev–Trinajstić information content (AvgIpc) is 2.99. The molecule has 0 spiro atoms. The minimum absolute atomic E-state index is 0.0198. The predicted molar refractivity (Wildman–Crippen MR) is 89.6 cm³/mol. The molecule has 1 atom stereocenters. The normalized spacial score (nSPS) is 17.1. The Bertz CT molecular complexity index is 633. The van der Waals surface area contributed by atoms with E-state index >= 15 is 0 Å². The van der Waals surface area contributed by atoms with Gasteiger partial charge in [0.25, 0.3) is 0 Å². The van der Waals surface area contributed by atoms with Crippen molar-refractivity contribution < 1.29 is 19.5 Å². The minimum atomic E-state index is -1.04. The van der Waals surface area contributed by atoms with Crippen LogP contribution in [0.1, 0.15) is 35.7 Å². The average molecular weight is 336 g/mol. The van der Waals surface area contributed by atoms with Crippen molar-refractivity contribution in [3.63, 3.8) is 0 Å². The molecule has 124 valence electrons. The first-order chi connectivity index (χ1) is 10.9. The molecule has 1 saturated heterocycles. The second kappa shape index (κ2) is 7.50. The van der Waals surface area contributed by atoms with Crippen molar-refractivity contribution in [1.82, 2.24) is 4.90 Å². The highest BCUT2D eigenvalue weighted by Gasteiger charge is 2.34. The zero-order valence-corrected chi connectivity index (χ0v) is 14.0. The topological polar surface area (TPSA) is 86.7 Å². The van der Waals surface area contributed by atoms with Gasteiger partial charge in [-0.3, -0.25) is 9.59 Å². The van der Waals surface area contributed by atoms with Gasteiger partial charge in [0.1, 0.15) is 6.04 Å². The van der Waals surface area contributed by atoms with E-state index in [2.05, 4.69) is 5.32 Å². The number of aromatic carboxylic acids is 1. The number of carbonyl (C=O) groups is 3. The van der Waals surface area contributed by atoms with E-state index in [9.17, 15) is 14.4 Å². The number of rotatable bonds is 5. The third kappa shape index (κ3) is 4.04. The number of carboxylic acids is 1. The molecule has 1 fully saturated rings. The van der Waals surface area contributed by atoms with Crippen LogP contribution in [-0.2, 0) is 9.59 Å². The molecule has 6 nitrogen and oxygen atoms in total. The summed E-state index contributed by atoms with van der Waals surface area (Å²) in [6.07, 6.45) is 1.17. The maximum Gasteiger partial charge on any atom is 0.335 e. The molecule has 0 bridgehead atoms. The van der Waals surface area contributed by atoms with E-state index in [1.807, 2.05) is 6.92 Å². The number of benzene rings is 1. The summed E-state index contributed by atoms with van der Waals surface area (Å²) in [7, 11) is 0. The number of anilines is 1. The lowest BCUT2D eigenvalue weighted by atomic mass is 10.1. The lowest BCUT2D eigenvalue weighted by molar-refractivity contribution is -0.136. The Morgan fingerprint density at radius 2 is 2.13 bits per heavy atom. The molecule has 1 aromatic carbocycles. The van der Waals surface area contributed by atoms with Gasteiger partial charge < -0.3 is 15.3 Å². The van der Waals surface area contributed by atoms with Crippen molar-refractivity contribution in [2.75, 3.05) is 16.9 Å². The van der Waals surface area contributed by atoms with Crippen LogP contribution in [0, 0.1) is 6.92 Å². The second-order valence-corrected chi connectivity index (χ2v) is 6.45. The fourth-order valence-corrected chi connectivity index (χ4v) is 3.55. The van der Waals surface area contributed by atoms with E-state index in [4.69, 9.17) is 5.11 Å². The van der Waals surface area contributed by atoms with E-state index in [-0.39, 0.29) is 17.4 Å². The monoisotopic (exact) mass is 336 g/mol. The Balaban J connectivity index is 2.13. The molecule has 2 amide bonds. The summed E-state index contributed by atoms with van der Waals surface area (Å²) in [5.74, 6) is -0.264. The SMILES string of the molecule is CCCC(=O)N1CSCC1C(=O)Nc1cc(C(=O)O)ccc1C. The van der Waals surface area contributed by atoms with Crippen LogP contribution in [-0.4, -0.2) is 45.5 Å². The number of amides is 2. The zero-order chi connectivity index (χ0) is 17.0. The van der Waals surface area contributed by atoms with E-state index < -0.39 is 12.0 Å². The third-order valence-electron chi connectivity index (χ3n) is 3.71. The standard InChI is InChI=1S/C16H20N2O4S/c1-3-4-14(19)18-9-23-8-13(18)15(20)17-12-7-11(16(21)22)6-5-10(12)2/h5-7,13H,3-4,8-9H2,1-2H3,(H,17,20)(H,21,22). The van der Waals surface area contributed by atoms with Crippen molar-refractivity contribution >= 4 is 35.2 Å². The highest BCUT2D eigenvalue weighted by atomic mass is 32.2. The van der Waals surface area contributed by atoms with Gasteiger partial charge in [0.2, 0.25) is 11.8 Å². The lowest BCUT2D eigenvalue weighted by Gasteiger charge is -2.23. The van der Waals surface area contributed by atoms with Crippen LogP contribution in [0.4, 0.5) is 5.69 Å². The molecule has 2 N–H and O–H groups in total. The number of hydrogen-bond donors (Lipinski definition) is 2. The number of thioether (sulfide) groups is 1. The second-order valence-electron chi connectivity index (χ2n) is 5.45. The quantitative estimate of drug-likeness (QED) is 0.862. The van der Waals surface area contributed by atoms with Gasteiger partial charge in [-0.05, 0) is 31.0 Å². The van der Waals surface area contributed by atoms with Gasteiger partial charge in [-0.25, -0.2) is 4.79 Å². The molecule has 1 unspecified atom stereocenters. The molecule has 0 aliphatic carbocycles. The summed E-state index contributed by atoms with van der Waals surface area (Å²) in [5.41, 5.74) is 1.36. The van der Waals surface area contributed by atoms with E-state index in [1.165, 1.54) is 12.1 Å². The zero-order valence-electron chi connectivity index (χ0n) is 13.2. The van der Waals surface area contributed by atoms with Gasteiger partial charge in [0, 0.05) is 17.9 Å². The van der Waals surface area contributed by atoms with Crippen LogP contribution in [0.2, 0.25) is 0 Å². The molecule has 0 aromatic heterocycles. The fourth-order valence-electron chi connectivity index (χ4n) is 2.37. The highest BCUT2D eigenvalue weighted by molar-refractivity contribution is 7.99. The smallest absolute Gasteiger partial charge is 0.335 e. The number of nitrogens with one attached hydrogen (secondary N) is 1. The molecular weight excluding hydrogens is 316 g/mol. The summed E-state index contributed by atoms with van der Waals surface area (Å²) in [5, 5.41) is 11.8. The third-order valence-corrected chi connectivity index (χ3v) is 4.72. The highest BCUT2D eigenvalue weighted by Crippen LogP contribution is 2.24. The van der Waals surface area contributed by atoms with Crippen molar-refractivity contribution in [2.24, 2.45) is 0 Å². The van der Waals surface area contributed by atoms with E-state index in [0.717, 1.165) is 12.0 Å². The Kier molecular flexibility index (Phi) is 5.65. The van der Waals surface area contributed by atoms with Crippen molar-refractivity contribution in [2.45, 2.75) is 32.7 Å². The van der Waals surface area contributed by atoms with Gasteiger partial charge in [-0.1, -0.05) is 13.0 Å². The fraction of sp³-hybridized carbons (Fsp3) is 0.438. The van der Waals surface area contributed by atoms with Crippen LogP contribution < -0.4 is 5.32 Å². The largest absolute Gasteiger partial charge is 0.478 e. The molecule has 23 heavy (non-hydrogen) atoms. The van der Waals surface area contributed by atoms with Gasteiger partial charge in [-0.15, -0.1) is 11.8 Å². The minimum Gasteiger partial charge on any atom is -0.478 e. The summed E-state index contributed by atoms with van der Waals surface area (Å²) >= 11 is 1.55. The molecule has 1 aliphatic rings. The van der Waals surface area contributed by atoms with Crippen molar-refractivity contribution in [3.8, 4) is 0 Å². The first-order valence-electron chi connectivity index (χ1n) is 7.46. The molecule has 0 saturated carbocycles. The van der Waals surface area contributed by atoms with Crippen LogP contribution >= 0.6 is 11.8 Å². The predicted octanol–water partition coefficient (Wildman–Crippen LogP) is 2.33.